The zero-order chi connectivity index (χ0) is 13.1. The Morgan fingerprint density at radius 1 is 1.28 bits per heavy atom. The molecule has 0 spiro atoms. The molecule has 0 saturated heterocycles. The summed E-state index contributed by atoms with van der Waals surface area (Å²) in [5.41, 5.74) is 7.52. The Hall–Kier alpha value is -1.01. The van der Waals surface area contributed by atoms with Gasteiger partial charge < -0.3 is 5.73 Å². The van der Waals surface area contributed by atoms with Crippen LogP contribution in [0.15, 0.2) is 27.3 Å². The van der Waals surface area contributed by atoms with E-state index in [2.05, 4.69) is 53.7 Å². The van der Waals surface area contributed by atoms with Crippen LogP contribution in [0.5, 0.6) is 0 Å². The number of hydrogen-bond acceptors (Lipinski definition) is 4. The van der Waals surface area contributed by atoms with Crippen LogP contribution in [0.4, 0.5) is 5.82 Å². The highest BCUT2D eigenvalue weighted by Crippen LogP contribution is 2.28. The van der Waals surface area contributed by atoms with Crippen LogP contribution in [0.3, 0.4) is 0 Å². The van der Waals surface area contributed by atoms with E-state index in [1.165, 1.54) is 0 Å². The average Bonchev–Trinajstić information content (AvgIpc) is 2.35. The van der Waals surface area contributed by atoms with Gasteiger partial charge >= 0.3 is 0 Å². The van der Waals surface area contributed by atoms with Gasteiger partial charge in [0.25, 0.3) is 0 Å². The molecule has 0 aliphatic heterocycles. The summed E-state index contributed by atoms with van der Waals surface area (Å²) in [4.78, 5) is 13.1. The molecule has 0 fully saturated rings. The second kappa shape index (κ2) is 5.75. The van der Waals surface area contributed by atoms with E-state index in [0.29, 0.717) is 17.3 Å². The SMILES string of the molecule is CCCc1nc(-c2ncccc2Br)nc(N)c1Br. The standard InChI is InChI=1S/C12H12Br2N4/c1-2-4-8-9(14)11(15)18-12(17-8)10-7(13)5-3-6-16-10/h3,5-6H,2,4H2,1H3,(H2,15,17,18). The van der Waals surface area contributed by atoms with Gasteiger partial charge in [0.1, 0.15) is 11.5 Å². The molecule has 2 N–H and O–H groups in total. The van der Waals surface area contributed by atoms with E-state index in [9.17, 15) is 0 Å². The van der Waals surface area contributed by atoms with E-state index in [1.54, 1.807) is 6.20 Å². The third-order valence-electron chi connectivity index (χ3n) is 2.40. The minimum absolute atomic E-state index is 0.445. The Balaban J connectivity index is 2.56. The van der Waals surface area contributed by atoms with Crippen LogP contribution in [-0.2, 0) is 6.42 Å². The van der Waals surface area contributed by atoms with E-state index in [0.717, 1.165) is 27.5 Å². The zero-order valence-electron chi connectivity index (χ0n) is 9.82. The average molecular weight is 372 g/mol. The summed E-state index contributed by atoms with van der Waals surface area (Å²) in [6.45, 7) is 2.10. The lowest BCUT2D eigenvalue weighted by Crippen LogP contribution is -2.03. The Morgan fingerprint density at radius 3 is 2.72 bits per heavy atom. The fraction of sp³-hybridized carbons (Fsp3) is 0.250. The maximum absolute atomic E-state index is 5.90. The lowest BCUT2D eigenvalue weighted by atomic mass is 10.2. The smallest absolute Gasteiger partial charge is 0.181 e. The molecule has 0 aliphatic rings. The minimum Gasteiger partial charge on any atom is -0.383 e. The number of rotatable bonds is 3. The van der Waals surface area contributed by atoms with Crippen LogP contribution in [0, 0.1) is 0 Å². The van der Waals surface area contributed by atoms with Crippen molar-refractivity contribution in [2.24, 2.45) is 0 Å². The van der Waals surface area contributed by atoms with Gasteiger partial charge in [-0.25, -0.2) is 9.97 Å². The summed E-state index contributed by atoms with van der Waals surface area (Å²) in [5, 5.41) is 0. The molecule has 2 heterocycles. The van der Waals surface area contributed by atoms with Crippen LogP contribution in [0.1, 0.15) is 19.0 Å². The molecule has 2 rings (SSSR count). The molecular formula is C12H12Br2N4. The molecule has 18 heavy (non-hydrogen) atoms. The number of nitrogens with two attached hydrogens (primary N) is 1. The molecule has 0 aliphatic carbocycles. The van der Waals surface area contributed by atoms with Crippen molar-refractivity contribution in [2.45, 2.75) is 19.8 Å². The first-order valence-corrected chi connectivity index (χ1v) is 7.14. The maximum Gasteiger partial charge on any atom is 0.181 e. The van der Waals surface area contributed by atoms with Crippen molar-refractivity contribution in [3.05, 3.63) is 33.0 Å². The van der Waals surface area contributed by atoms with E-state index in [4.69, 9.17) is 5.73 Å². The van der Waals surface area contributed by atoms with Crippen molar-refractivity contribution in [1.82, 2.24) is 15.0 Å². The van der Waals surface area contributed by atoms with Gasteiger partial charge in [0.2, 0.25) is 0 Å². The van der Waals surface area contributed by atoms with Crippen LogP contribution >= 0.6 is 31.9 Å². The molecule has 0 bridgehead atoms. The topological polar surface area (TPSA) is 64.7 Å². The summed E-state index contributed by atoms with van der Waals surface area (Å²) in [7, 11) is 0. The van der Waals surface area contributed by atoms with Gasteiger partial charge in [-0.2, -0.15) is 0 Å². The summed E-state index contributed by atoms with van der Waals surface area (Å²) in [6, 6.07) is 3.76. The first kappa shape index (κ1) is 13.4. The molecule has 0 saturated carbocycles. The summed E-state index contributed by atoms with van der Waals surface area (Å²) in [6.07, 6.45) is 3.56. The van der Waals surface area contributed by atoms with E-state index < -0.39 is 0 Å². The molecule has 94 valence electrons. The highest BCUT2D eigenvalue weighted by atomic mass is 79.9. The molecule has 6 heteroatoms. The normalized spacial score (nSPS) is 10.6. The van der Waals surface area contributed by atoms with Crippen LogP contribution in [0.25, 0.3) is 11.5 Å². The van der Waals surface area contributed by atoms with Crippen LogP contribution in [-0.4, -0.2) is 15.0 Å². The molecule has 2 aromatic heterocycles. The van der Waals surface area contributed by atoms with Crippen molar-refractivity contribution in [2.75, 3.05) is 5.73 Å². The Morgan fingerprint density at radius 2 is 2.06 bits per heavy atom. The van der Waals surface area contributed by atoms with Gasteiger partial charge in [-0.1, -0.05) is 13.3 Å². The van der Waals surface area contributed by atoms with Gasteiger partial charge in [-0.05, 0) is 50.4 Å². The van der Waals surface area contributed by atoms with Gasteiger partial charge in [-0.3, -0.25) is 4.98 Å². The second-order valence-electron chi connectivity index (χ2n) is 3.78. The Bertz CT molecular complexity index is 572. The predicted octanol–water partition coefficient (Wildman–Crippen LogP) is 3.60. The first-order valence-electron chi connectivity index (χ1n) is 5.56. The monoisotopic (exact) mass is 370 g/mol. The lowest BCUT2D eigenvalue weighted by Gasteiger charge is -2.08. The van der Waals surface area contributed by atoms with Gasteiger partial charge in [0, 0.05) is 10.7 Å². The highest BCUT2D eigenvalue weighted by Gasteiger charge is 2.13. The van der Waals surface area contributed by atoms with E-state index in [-0.39, 0.29) is 0 Å². The summed E-state index contributed by atoms with van der Waals surface area (Å²) in [5.74, 6) is 0.993. The Kier molecular flexibility index (Phi) is 4.29. The largest absolute Gasteiger partial charge is 0.383 e. The van der Waals surface area contributed by atoms with Gasteiger partial charge in [-0.15, -0.1) is 0 Å². The molecule has 0 atom stereocenters. The molecule has 4 nitrogen and oxygen atoms in total. The quantitative estimate of drug-likeness (QED) is 0.895. The van der Waals surface area contributed by atoms with E-state index >= 15 is 0 Å². The molecule has 0 radical (unpaired) electrons. The van der Waals surface area contributed by atoms with Crippen LogP contribution in [0.2, 0.25) is 0 Å². The van der Waals surface area contributed by atoms with Gasteiger partial charge in [0.15, 0.2) is 5.82 Å². The number of hydrogen-bond donors (Lipinski definition) is 1. The third kappa shape index (κ3) is 2.70. The van der Waals surface area contributed by atoms with Crippen molar-refractivity contribution in [3.8, 4) is 11.5 Å². The van der Waals surface area contributed by atoms with Crippen molar-refractivity contribution < 1.29 is 0 Å². The maximum atomic E-state index is 5.90. The fourth-order valence-electron chi connectivity index (χ4n) is 1.57. The van der Waals surface area contributed by atoms with Crippen LogP contribution < -0.4 is 5.73 Å². The van der Waals surface area contributed by atoms with E-state index in [1.807, 2.05) is 12.1 Å². The summed E-state index contributed by atoms with van der Waals surface area (Å²) < 4.78 is 1.63. The number of aryl methyl sites for hydroxylation is 1. The zero-order valence-corrected chi connectivity index (χ0v) is 13.0. The first-order chi connectivity index (χ1) is 8.63. The number of halogens is 2. The molecule has 2 aromatic rings. The number of nitrogen functional groups attached to an aromatic ring is 1. The molecule has 0 amide bonds. The second-order valence-corrected chi connectivity index (χ2v) is 5.42. The Labute approximate surface area is 122 Å². The molecule has 0 unspecified atom stereocenters. The van der Waals surface area contributed by atoms with Gasteiger partial charge in [0.05, 0.1) is 10.2 Å². The van der Waals surface area contributed by atoms with Crippen molar-refractivity contribution in [3.63, 3.8) is 0 Å². The number of aromatic nitrogens is 3. The van der Waals surface area contributed by atoms with Crippen molar-refractivity contribution >= 4 is 37.7 Å². The number of anilines is 1. The lowest BCUT2D eigenvalue weighted by molar-refractivity contribution is 0.868. The predicted molar refractivity (Wildman–Crippen MR) is 79.1 cm³/mol. The minimum atomic E-state index is 0.445. The third-order valence-corrected chi connectivity index (χ3v) is 3.91. The summed E-state index contributed by atoms with van der Waals surface area (Å²) >= 11 is 6.87. The number of nitrogens with zero attached hydrogens (tertiary/aromatic N) is 3. The highest BCUT2D eigenvalue weighted by molar-refractivity contribution is 9.11. The fourth-order valence-corrected chi connectivity index (χ4v) is 2.38. The molecular weight excluding hydrogens is 360 g/mol. The number of pyridine rings is 1. The molecule has 0 aromatic carbocycles. The van der Waals surface area contributed by atoms with Crippen molar-refractivity contribution in [1.29, 1.82) is 0 Å².